The van der Waals surface area contributed by atoms with Crippen LogP contribution in [0, 0.1) is 12.8 Å². The van der Waals surface area contributed by atoms with E-state index in [2.05, 4.69) is 36.9 Å². The molecule has 0 bridgehead atoms. The van der Waals surface area contributed by atoms with Gasteiger partial charge in [-0.05, 0) is 62.5 Å². The molecule has 1 aliphatic rings. The van der Waals surface area contributed by atoms with Gasteiger partial charge in [0.15, 0.2) is 0 Å². The van der Waals surface area contributed by atoms with Crippen LogP contribution in [0.1, 0.15) is 36.9 Å². The first-order valence-corrected chi connectivity index (χ1v) is 7.29. The van der Waals surface area contributed by atoms with Crippen LogP contribution >= 0.6 is 0 Å². The molecule has 1 saturated heterocycles. The van der Waals surface area contributed by atoms with Crippen molar-refractivity contribution in [3.63, 3.8) is 0 Å². The SMILES string of the molecule is CCN1CCCC(CN)C1c1ccc(OC)c(C)c1. The van der Waals surface area contributed by atoms with Crippen molar-refractivity contribution in [1.29, 1.82) is 0 Å². The third-order valence-electron chi connectivity index (χ3n) is 4.33. The Labute approximate surface area is 116 Å². The van der Waals surface area contributed by atoms with Crippen LogP contribution in [0.2, 0.25) is 0 Å². The zero-order chi connectivity index (χ0) is 13.8. The average Bonchev–Trinajstić information content (AvgIpc) is 2.46. The van der Waals surface area contributed by atoms with E-state index in [1.807, 2.05) is 0 Å². The Bertz CT molecular complexity index is 407. The number of aryl methyl sites for hydroxylation is 1. The molecular weight excluding hydrogens is 236 g/mol. The molecule has 1 aromatic rings. The lowest BCUT2D eigenvalue weighted by atomic mass is 9.84. The van der Waals surface area contributed by atoms with Crippen molar-refractivity contribution >= 4 is 0 Å². The normalized spacial score (nSPS) is 24.4. The van der Waals surface area contributed by atoms with Gasteiger partial charge in [-0.1, -0.05) is 19.1 Å². The predicted molar refractivity (Wildman–Crippen MR) is 79.5 cm³/mol. The Morgan fingerprint density at radius 1 is 1.42 bits per heavy atom. The summed E-state index contributed by atoms with van der Waals surface area (Å²) in [6, 6.07) is 7.02. The van der Waals surface area contributed by atoms with Gasteiger partial charge in [0.25, 0.3) is 0 Å². The van der Waals surface area contributed by atoms with Gasteiger partial charge in [-0.15, -0.1) is 0 Å². The van der Waals surface area contributed by atoms with Gasteiger partial charge in [-0.3, -0.25) is 4.90 Å². The van der Waals surface area contributed by atoms with Gasteiger partial charge in [0, 0.05) is 6.04 Å². The van der Waals surface area contributed by atoms with Crippen molar-refractivity contribution in [3.8, 4) is 5.75 Å². The summed E-state index contributed by atoms with van der Waals surface area (Å²) >= 11 is 0. The van der Waals surface area contributed by atoms with Crippen LogP contribution in [-0.4, -0.2) is 31.6 Å². The van der Waals surface area contributed by atoms with E-state index in [1.165, 1.54) is 30.5 Å². The number of hydrogen-bond acceptors (Lipinski definition) is 3. The molecule has 0 aromatic heterocycles. The number of nitrogens with zero attached hydrogens (tertiary/aromatic N) is 1. The minimum absolute atomic E-state index is 0.466. The van der Waals surface area contributed by atoms with Gasteiger partial charge in [0.05, 0.1) is 7.11 Å². The molecule has 1 aliphatic heterocycles. The summed E-state index contributed by atoms with van der Waals surface area (Å²) in [4.78, 5) is 2.56. The van der Waals surface area contributed by atoms with Gasteiger partial charge in [0.1, 0.15) is 5.75 Å². The van der Waals surface area contributed by atoms with Gasteiger partial charge < -0.3 is 10.5 Å². The number of methoxy groups -OCH3 is 1. The van der Waals surface area contributed by atoms with Crippen molar-refractivity contribution in [2.75, 3.05) is 26.7 Å². The molecule has 0 aliphatic carbocycles. The first-order valence-electron chi connectivity index (χ1n) is 7.29. The molecular formula is C16H26N2O. The van der Waals surface area contributed by atoms with E-state index in [4.69, 9.17) is 10.5 Å². The first-order chi connectivity index (χ1) is 9.21. The van der Waals surface area contributed by atoms with E-state index in [0.717, 1.165) is 18.8 Å². The summed E-state index contributed by atoms with van der Waals surface area (Å²) in [5, 5.41) is 0. The molecule has 0 spiro atoms. The Morgan fingerprint density at radius 2 is 2.21 bits per heavy atom. The topological polar surface area (TPSA) is 38.5 Å². The lowest BCUT2D eigenvalue weighted by Gasteiger charge is -2.41. The summed E-state index contributed by atoms with van der Waals surface area (Å²) in [5.41, 5.74) is 8.58. The predicted octanol–water partition coefficient (Wildman–Crippen LogP) is 2.74. The lowest BCUT2D eigenvalue weighted by molar-refractivity contribution is 0.102. The smallest absolute Gasteiger partial charge is 0.121 e. The number of nitrogens with two attached hydrogens (primary N) is 1. The summed E-state index contributed by atoms with van der Waals surface area (Å²) in [7, 11) is 1.73. The highest BCUT2D eigenvalue weighted by Crippen LogP contribution is 2.36. The minimum atomic E-state index is 0.466. The number of likely N-dealkylation sites (tertiary alicyclic amines) is 1. The molecule has 2 atom stereocenters. The maximum atomic E-state index is 5.99. The van der Waals surface area contributed by atoms with Gasteiger partial charge >= 0.3 is 0 Å². The largest absolute Gasteiger partial charge is 0.496 e. The van der Waals surface area contributed by atoms with Gasteiger partial charge in [-0.2, -0.15) is 0 Å². The molecule has 0 saturated carbocycles. The summed E-state index contributed by atoms with van der Waals surface area (Å²) < 4.78 is 5.36. The number of hydrogen-bond donors (Lipinski definition) is 1. The second kappa shape index (κ2) is 6.40. The summed E-state index contributed by atoms with van der Waals surface area (Å²) in [6.45, 7) is 7.39. The average molecular weight is 262 g/mol. The molecule has 2 unspecified atom stereocenters. The molecule has 2 N–H and O–H groups in total. The number of piperidine rings is 1. The monoisotopic (exact) mass is 262 g/mol. The maximum Gasteiger partial charge on any atom is 0.121 e. The molecule has 3 nitrogen and oxygen atoms in total. The summed E-state index contributed by atoms with van der Waals surface area (Å²) in [6.07, 6.45) is 2.50. The third-order valence-corrected chi connectivity index (χ3v) is 4.33. The molecule has 0 radical (unpaired) electrons. The Balaban J connectivity index is 2.32. The van der Waals surface area contributed by atoms with Crippen LogP contribution in [0.5, 0.6) is 5.75 Å². The van der Waals surface area contributed by atoms with Crippen molar-refractivity contribution in [1.82, 2.24) is 4.90 Å². The van der Waals surface area contributed by atoms with Crippen molar-refractivity contribution in [2.45, 2.75) is 32.7 Å². The molecule has 1 aromatic carbocycles. The Hall–Kier alpha value is -1.06. The molecule has 0 amide bonds. The Kier molecular flexibility index (Phi) is 4.83. The number of ether oxygens (including phenoxy) is 1. The molecule has 1 heterocycles. The standard InChI is InChI=1S/C16H26N2O/c1-4-18-9-5-6-14(11-17)16(18)13-7-8-15(19-3)12(2)10-13/h7-8,10,14,16H,4-6,9,11,17H2,1-3H3. The van der Waals surface area contributed by atoms with Crippen LogP contribution in [0.25, 0.3) is 0 Å². The highest BCUT2D eigenvalue weighted by Gasteiger charge is 2.30. The van der Waals surface area contributed by atoms with E-state index in [1.54, 1.807) is 7.11 Å². The van der Waals surface area contributed by atoms with Crippen molar-refractivity contribution < 1.29 is 4.74 Å². The number of rotatable bonds is 4. The zero-order valence-corrected chi connectivity index (χ0v) is 12.4. The first kappa shape index (κ1) is 14.4. The van der Waals surface area contributed by atoms with E-state index >= 15 is 0 Å². The zero-order valence-electron chi connectivity index (χ0n) is 12.4. The molecule has 1 fully saturated rings. The van der Waals surface area contributed by atoms with Crippen molar-refractivity contribution in [2.24, 2.45) is 11.7 Å². The van der Waals surface area contributed by atoms with Crippen LogP contribution in [-0.2, 0) is 0 Å². The highest BCUT2D eigenvalue weighted by atomic mass is 16.5. The summed E-state index contributed by atoms with van der Waals surface area (Å²) in [5.74, 6) is 1.54. The van der Waals surface area contributed by atoms with Crippen LogP contribution in [0.15, 0.2) is 18.2 Å². The fourth-order valence-corrected chi connectivity index (χ4v) is 3.32. The van der Waals surface area contributed by atoms with Gasteiger partial charge in [0.2, 0.25) is 0 Å². The quantitative estimate of drug-likeness (QED) is 0.906. The molecule has 106 valence electrons. The van der Waals surface area contributed by atoms with Crippen molar-refractivity contribution in [3.05, 3.63) is 29.3 Å². The molecule has 3 heteroatoms. The second-order valence-corrected chi connectivity index (χ2v) is 5.44. The van der Waals surface area contributed by atoms with Crippen LogP contribution < -0.4 is 10.5 Å². The number of benzene rings is 1. The van der Waals surface area contributed by atoms with Crippen LogP contribution in [0.4, 0.5) is 0 Å². The second-order valence-electron chi connectivity index (χ2n) is 5.44. The third kappa shape index (κ3) is 2.93. The molecule has 2 rings (SSSR count). The fraction of sp³-hybridized carbons (Fsp3) is 0.625. The maximum absolute atomic E-state index is 5.99. The van der Waals surface area contributed by atoms with Gasteiger partial charge in [-0.25, -0.2) is 0 Å². The fourth-order valence-electron chi connectivity index (χ4n) is 3.32. The minimum Gasteiger partial charge on any atom is -0.496 e. The van der Waals surface area contributed by atoms with Crippen LogP contribution in [0.3, 0.4) is 0 Å². The van der Waals surface area contributed by atoms with E-state index < -0.39 is 0 Å². The van der Waals surface area contributed by atoms with E-state index in [0.29, 0.717) is 12.0 Å². The van der Waals surface area contributed by atoms with E-state index in [-0.39, 0.29) is 0 Å². The lowest BCUT2D eigenvalue weighted by Crippen LogP contribution is -2.41. The highest BCUT2D eigenvalue weighted by molar-refractivity contribution is 5.37. The van der Waals surface area contributed by atoms with E-state index in [9.17, 15) is 0 Å². The molecule has 19 heavy (non-hydrogen) atoms. The Morgan fingerprint density at radius 3 is 2.79 bits per heavy atom.